The van der Waals surface area contributed by atoms with Crippen molar-refractivity contribution < 1.29 is 19.5 Å². The number of carbonyl (C=O) groups excluding carboxylic acids is 3. The summed E-state index contributed by atoms with van der Waals surface area (Å²) in [7, 11) is 1.68. The third-order valence-electron chi connectivity index (χ3n) is 6.47. The number of aliphatic imine (C=N–C) groups is 1. The fourth-order valence-corrected chi connectivity index (χ4v) is 4.46. The molecule has 0 bridgehead atoms. The van der Waals surface area contributed by atoms with Gasteiger partial charge in [0.2, 0.25) is 6.17 Å². The van der Waals surface area contributed by atoms with Gasteiger partial charge < -0.3 is 26.0 Å². The molecule has 174 valence electrons. The number of likely N-dealkylation sites (N-methyl/N-ethyl adjacent to an activating group) is 1. The predicted octanol–water partition coefficient (Wildman–Crippen LogP) is 2.80. The van der Waals surface area contributed by atoms with Crippen molar-refractivity contribution in [1.82, 2.24) is 10.6 Å². The zero-order valence-corrected chi connectivity index (χ0v) is 18.7. The average Bonchev–Trinajstić information content (AvgIpc) is 3.09. The molecule has 1 aliphatic carbocycles. The third kappa shape index (κ3) is 3.89. The van der Waals surface area contributed by atoms with Crippen molar-refractivity contribution in [3.63, 3.8) is 0 Å². The molecule has 4 amide bonds. The van der Waals surface area contributed by atoms with E-state index in [1.165, 1.54) is 4.90 Å². The van der Waals surface area contributed by atoms with E-state index in [0.717, 1.165) is 36.2 Å². The normalized spacial score (nSPS) is 20.2. The van der Waals surface area contributed by atoms with Gasteiger partial charge in [-0.05, 0) is 36.6 Å². The van der Waals surface area contributed by atoms with Crippen LogP contribution in [0.5, 0.6) is 0 Å². The van der Waals surface area contributed by atoms with Crippen LogP contribution in [-0.4, -0.2) is 48.4 Å². The Hall–Kier alpha value is -4.14. The Balaban J connectivity index is 1.37. The summed E-state index contributed by atoms with van der Waals surface area (Å²) in [5.74, 6) is -0.480. The minimum Gasteiger partial charge on any atom is -0.510 e. The summed E-state index contributed by atoms with van der Waals surface area (Å²) in [4.78, 5) is 44.3. The molecular weight excluding hydrogens is 434 g/mol. The molecule has 1 atom stereocenters. The number of carbonyl (C=O) groups is 3. The molecular formula is C25H25N5O4. The van der Waals surface area contributed by atoms with Crippen LogP contribution in [-0.2, 0) is 9.59 Å². The molecule has 5 rings (SSSR count). The van der Waals surface area contributed by atoms with Gasteiger partial charge in [-0.1, -0.05) is 36.8 Å². The van der Waals surface area contributed by atoms with Crippen LogP contribution in [0.1, 0.15) is 30.4 Å². The summed E-state index contributed by atoms with van der Waals surface area (Å²) >= 11 is 0. The Labute approximate surface area is 196 Å². The molecule has 9 nitrogen and oxygen atoms in total. The molecule has 34 heavy (non-hydrogen) atoms. The van der Waals surface area contributed by atoms with Crippen LogP contribution in [0, 0.1) is 5.92 Å². The summed E-state index contributed by atoms with van der Waals surface area (Å²) in [6.45, 7) is 0.0767. The first-order valence-corrected chi connectivity index (χ1v) is 11.3. The number of aliphatic hydroxyl groups excluding tert-OH is 1. The van der Waals surface area contributed by atoms with Gasteiger partial charge in [0.1, 0.15) is 5.76 Å². The minimum atomic E-state index is -1.07. The monoisotopic (exact) mass is 459 g/mol. The molecule has 2 aromatic carbocycles. The van der Waals surface area contributed by atoms with Crippen LogP contribution in [0.3, 0.4) is 0 Å². The molecule has 3 aliphatic rings. The zero-order chi connectivity index (χ0) is 23.8. The number of urea groups is 1. The van der Waals surface area contributed by atoms with E-state index in [-0.39, 0.29) is 35.6 Å². The Morgan fingerprint density at radius 3 is 2.65 bits per heavy atom. The number of hydrogen-bond acceptors (Lipinski definition) is 5. The maximum atomic E-state index is 13.2. The van der Waals surface area contributed by atoms with Gasteiger partial charge in [0.05, 0.1) is 23.5 Å². The first kappa shape index (κ1) is 21.7. The molecule has 2 aliphatic heterocycles. The van der Waals surface area contributed by atoms with E-state index in [0.29, 0.717) is 11.3 Å². The highest BCUT2D eigenvalue weighted by molar-refractivity contribution is 6.22. The molecule has 1 fully saturated rings. The maximum Gasteiger partial charge on any atom is 0.321 e. The summed E-state index contributed by atoms with van der Waals surface area (Å²) in [5.41, 5.74) is 3.62. The summed E-state index contributed by atoms with van der Waals surface area (Å²) in [6, 6.07) is 13.7. The van der Waals surface area contributed by atoms with E-state index >= 15 is 0 Å². The first-order chi connectivity index (χ1) is 16.4. The second-order valence-electron chi connectivity index (χ2n) is 8.64. The second kappa shape index (κ2) is 8.66. The number of benzene rings is 2. The van der Waals surface area contributed by atoms with Gasteiger partial charge in [0.25, 0.3) is 11.8 Å². The Bertz CT molecular complexity index is 1250. The minimum absolute atomic E-state index is 0.0453. The van der Waals surface area contributed by atoms with Crippen molar-refractivity contribution in [2.24, 2.45) is 10.9 Å². The van der Waals surface area contributed by atoms with Crippen molar-refractivity contribution >= 4 is 40.5 Å². The van der Waals surface area contributed by atoms with Crippen LogP contribution < -0.4 is 20.9 Å². The number of para-hydroxylation sites is 1. The Morgan fingerprint density at radius 2 is 1.94 bits per heavy atom. The Morgan fingerprint density at radius 1 is 1.15 bits per heavy atom. The SMILES string of the molecule is CN1C(=O)[C@H](NC(=O)Nc2cccc(C3=C(O)CNC3=O)c2)N=C(C2CCC2)c2ccccc21. The van der Waals surface area contributed by atoms with Crippen molar-refractivity contribution in [3.8, 4) is 0 Å². The highest BCUT2D eigenvalue weighted by Gasteiger charge is 2.34. The van der Waals surface area contributed by atoms with Crippen LogP contribution in [0.2, 0.25) is 0 Å². The first-order valence-electron chi connectivity index (χ1n) is 11.3. The highest BCUT2D eigenvalue weighted by Crippen LogP contribution is 2.35. The fraction of sp³-hybridized carbons (Fsp3) is 0.280. The van der Waals surface area contributed by atoms with Gasteiger partial charge in [0, 0.05) is 24.2 Å². The van der Waals surface area contributed by atoms with Gasteiger partial charge >= 0.3 is 6.03 Å². The average molecular weight is 460 g/mol. The quantitative estimate of drug-likeness (QED) is 0.561. The lowest BCUT2D eigenvalue weighted by atomic mass is 9.79. The van der Waals surface area contributed by atoms with Gasteiger partial charge in [-0.15, -0.1) is 0 Å². The lowest BCUT2D eigenvalue weighted by Gasteiger charge is -2.28. The van der Waals surface area contributed by atoms with Crippen LogP contribution >= 0.6 is 0 Å². The summed E-state index contributed by atoms with van der Waals surface area (Å²) < 4.78 is 0. The van der Waals surface area contributed by atoms with E-state index in [9.17, 15) is 19.5 Å². The topological polar surface area (TPSA) is 123 Å². The molecule has 0 aromatic heterocycles. The second-order valence-corrected chi connectivity index (χ2v) is 8.64. The number of nitrogens with zero attached hydrogens (tertiary/aromatic N) is 2. The number of fused-ring (bicyclic) bond motifs is 1. The van der Waals surface area contributed by atoms with Crippen LogP contribution in [0.15, 0.2) is 59.3 Å². The molecule has 1 saturated carbocycles. The van der Waals surface area contributed by atoms with Gasteiger partial charge in [0.15, 0.2) is 0 Å². The lowest BCUT2D eigenvalue weighted by Crippen LogP contribution is -2.47. The van der Waals surface area contributed by atoms with Crippen molar-refractivity contribution in [2.75, 3.05) is 23.8 Å². The number of aliphatic hydroxyl groups is 1. The molecule has 9 heteroatoms. The van der Waals surface area contributed by atoms with E-state index in [1.54, 1.807) is 31.3 Å². The number of benzodiazepines with no additional fused rings is 1. The van der Waals surface area contributed by atoms with E-state index < -0.39 is 12.2 Å². The molecule has 2 aromatic rings. The van der Waals surface area contributed by atoms with E-state index in [1.807, 2.05) is 24.3 Å². The van der Waals surface area contributed by atoms with Gasteiger partial charge in [-0.3, -0.25) is 14.6 Å². The van der Waals surface area contributed by atoms with Crippen LogP contribution in [0.25, 0.3) is 5.57 Å². The zero-order valence-electron chi connectivity index (χ0n) is 18.7. The highest BCUT2D eigenvalue weighted by atomic mass is 16.3. The fourth-order valence-electron chi connectivity index (χ4n) is 4.46. The van der Waals surface area contributed by atoms with Gasteiger partial charge in [-0.25, -0.2) is 4.79 Å². The standard InChI is InChI=1S/C25H25N5O4/c1-30-18-11-3-2-10-17(18)21(14-6-4-7-14)28-22(24(30)33)29-25(34)27-16-9-5-8-15(12-16)20-19(31)13-26-23(20)32/h2-3,5,8-12,14,22,31H,4,6-7,13H2,1H3,(H,26,32)(H2,27,29,34)/t22-/m0/s1. The Kier molecular flexibility index (Phi) is 5.53. The van der Waals surface area contributed by atoms with Gasteiger partial charge in [-0.2, -0.15) is 0 Å². The molecule has 0 unspecified atom stereocenters. The van der Waals surface area contributed by atoms with Crippen molar-refractivity contribution in [2.45, 2.75) is 25.4 Å². The molecule has 4 N–H and O–H groups in total. The maximum absolute atomic E-state index is 13.2. The van der Waals surface area contributed by atoms with E-state index in [4.69, 9.17) is 4.99 Å². The molecule has 2 heterocycles. The number of anilines is 2. The largest absolute Gasteiger partial charge is 0.510 e. The number of rotatable bonds is 4. The van der Waals surface area contributed by atoms with Crippen LogP contribution in [0.4, 0.5) is 16.2 Å². The number of nitrogens with one attached hydrogen (secondary N) is 3. The number of hydrogen-bond donors (Lipinski definition) is 4. The molecule has 0 saturated heterocycles. The van der Waals surface area contributed by atoms with Crippen molar-refractivity contribution in [1.29, 1.82) is 0 Å². The summed E-state index contributed by atoms with van der Waals surface area (Å²) in [5, 5.41) is 17.9. The molecule has 0 spiro atoms. The third-order valence-corrected chi connectivity index (χ3v) is 6.47. The number of amides is 4. The van der Waals surface area contributed by atoms with Crippen molar-refractivity contribution in [3.05, 3.63) is 65.4 Å². The van der Waals surface area contributed by atoms with E-state index in [2.05, 4.69) is 16.0 Å². The smallest absolute Gasteiger partial charge is 0.321 e. The summed E-state index contributed by atoms with van der Waals surface area (Å²) in [6.07, 6.45) is 2.07. The lowest BCUT2D eigenvalue weighted by molar-refractivity contribution is -0.119. The predicted molar refractivity (Wildman–Crippen MR) is 129 cm³/mol. The molecule has 0 radical (unpaired) electrons.